The molecular weight excluding hydrogens is 316 g/mol. The van der Waals surface area contributed by atoms with Gasteiger partial charge in [-0.25, -0.2) is 13.4 Å². The smallest absolute Gasteiger partial charge is 0.178 e. The molecule has 1 saturated heterocycles. The van der Waals surface area contributed by atoms with Crippen LogP contribution in [0.25, 0.3) is 0 Å². The van der Waals surface area contributed by atoms with E-state index in [0.717, 1.165) is 35.8 Å². The molecule has 0 aliphatic carbocycles. The van der Waals surface area contributed by atoms with Gasteiger partial charge < -0.3 is 4.90 Å². The number of aromatic nitrogens is 1. The number of anilines is 1. The van der Waals surface area contributed by atoms with Gasteiger partial charge in [0.1, 0.15) is 0 Å². The van der Waals surface area contributed by atoms with Crippen molar-refractivity contribution in [3.63, 3.8) is 0 Å². The van der Waals surface area contributed by atoms with E-state index in [1.54, 1.807) is 30.4 Å². The fourth-order valence-corrected chi connectivity index (χ4v) is 4.47. The topological polar surface area (TPSA) is 50.3 Å². The van der Waals surface area contributed by atoms with Crippen molar-refractivity contribution in [2.45, 2.75) is 37.6 Å². The van der Waals surface area contributed by atoms with Crippen LogP contribution in [0.5, 0.6) is 0 Å². The van der Waals surface area contributed by atoms with Crippen LogP contribution >= 0.6 is 11.3 Å². The Bertz CT molecular complexity index is 751. The lowest BCUT2D eigenvalue weighted by molar-refractivity contribution is 0.597. The molecule has 3 rings (SSSR count). The van der Waals surface area contributed by atoms with Crippen molar-refractivity contribution in [1.29, 1.82) is 0 Å². The fraction of sp³-hybridized carbons (Fsp3) is 0.438. The first kappa shape index (κ1) is 15.5. The van der Waals surface area contributed by atoms with Crippen LogP contribution in [-0.4, -0.2) is 25.7 Å². The molecule has 4 nitrogen and oxygen atoms in total. The third-order valence-electron chi connectivity index (χ3n) is 4.14. The molecule has 0 amide bonds. The second kappa shape index (κ2) is 6.01. The van der Waals surface area contributed by atoms with Gasteiger partial charge in [-0.3, -0.25) is 0 Å². The average Bonchev–Trinajstić information content (AvgIpc) is 3.16. The largest absolute Gasteiger partial charge is 0.363 e. The number of aryl methyl sites for hydroxylation is 1. The highest BCUT2D eigenvalue weighted by molar-refractivity contribution is 7.91. The average molecular weight is 336 g/mol. The molecule has 0 N–H and O–H groups in total. The second-order valence-electron chi connectivity index (χ2n) is 5.54. The summed E-state index contributed by atoms with van der Waals surface area (Å²) in [5.74, 6) is 0.136. The summed E-state index contributed by atoms with van der Waals surface area (Å²) in [4.78, 5) is 7.35. The third kappa shape index (κ3) is 2.90. The molecule has 1 aromatic carbocycles. The predicted molar refractivity (Wildman–Crippen MR) is 90.3 cm³/mol. The first-order chi connectivity index (χ1) is 10.5. The van der Waals surface area contributed by atoms with E-state index < -0.39 is 9.84 Å². The normalized spacial score (nSPS) is 18.8. The summed E-state index contributed by atoms with van der Waals surface area (Å²) in [6.07, 6.45) is 2.23. The Morgan fingerprint density at radius 1 is 1.32 bits per heavy atom. The highest BCUT2D eigenvalue weighted by Crippen LogP contribution is 2.36. The number of benzene rings is 1. The van der Waals surface area contributed by atoms with Crippen LogP contribution in [0.15, 0.2) is 34.5 Å². The molecule has 0 unspecified atom stereocenters. The van der Waals surface area contributed by atoms with Crippen LogP contribution in [0.4, 0.5) is 5.69 Å². The van der Waals surface area contributed by atoms with E-state index in [4.69, 9.17) is 0 Å². The van der Waals surface area contributed by atoms with Crippen LogP contribution in [0.2, 0.25) is 0 Å². The number of hydrogen-bond donors (Lipinski definition) is 0. The fourth-order valence-electron chi connectivity index (χ4n) is 2.93. The van der Waals surface area contributed by atoms with Crippen LogP contribution in [0.3, 0.4) is 0 Å². The molecule has 0 radical (unpaired) electrons. The van der Waals surface area contributed by atoms with Gasteiger partial charge in [-0.1, -0.05) is 6.92 Å². The molecule has 1 aliphatic heterocycles. The monoisotopic (exact) mass is 336 g/mol. The molecule has 1 aliphatic rings. The van der Waals surface area contributed by atoms with Crippen LogP contribution in [0, 0.1) is 6.92 Å². The van der Waals surface area contributed by atoms with Crippen molar-refractivity contribution in [2.24, 2.45) is 0 Å². The van der Waals surface area contributed by atoms with Gasteiger partial charge in [0.2, 0.25) is 0 Å². The van der Waals surface area contributed by atoms with Crippen LogP contribution in [0.1, 0.15) is 36.5 Å². The molecule has 1 atom stereocenters. The molecule has 0 spiro atoms. The van der Waals surface area contributed by atoms with Gasteiger partial charge >= 0.3 is 0 Å². The molecule has 2 aromatic rings. The lowest BCUT2D eigenvalue weighted by atomic mass is 10.1. The van der Waals surface area contributed by atoms with E-state index in [1.807, 2.05) is 19.1 Å². The maximum atomic E-state index is 11.9. The van der Waals surface area contributed by atoms with Crippen molar-refractivity contribution < 1.29 is 8.42 Å². The van der Waals surface area contributed by atoms with Gasteiger partial charge in [0.05, 0.1) is 27.4 Å². The first-order valence-corrected chi connectivity index (χ1v) is 10.1. The SMILES string of the molecule is CCS(=O)(=O)c1ccc(N2CCC[C@@H]2c2csc(C)n2)cc1. The standard InChI is InChI=1S/C16H20N2O2S2/c1-3-22(19,20)14-8-6-13(7-9-14)18-10-4-5-16(18)15-11-21-12(2)17-15/h6-9,11,16H,3-5,10H2,1-2H3/t16-/m1/s1. The van der Waals surface area contributed by atoms with Crippen molar-refractivity contribution in [2.75, 3.05) is 17.2 Å². The molecule has 6 heteroatoms. The summed E-state index contributed by atoms with van der Waals surface area (Å²) in [6, 6.07) is 7.57. The summed E-state index contributed by atoms with van der Waals surface area (Å²) in [7, 11) is -3.13. The van der Waals surface area contributed by atoms with Crippen LogP contribution < -0.4 is 4.90 Å². The number of rotatable bonds is 4. The van der Waals surface area contributed by atoms with E-state index in [0.29, 0.717) is 10.9 Å². The first-order valence-electron chi connectivity index (χ1n) is 7.53. The van der Waals surface area contributed by atoms with E-state index in [9.17, 15) is 8.42 Å². The van der Waals surface area contributed by atoms with Crippen molar-refractivity contribution in [1.82, 2.24) is 4.98 Å². The lowest BCUT2D eigenvalue weighted by Gasteiger charge is -2.25. The second-order valence-corrected chi connectivity index (χ2v) is 8.88. The predicted octanol–water partition coefficient (Wildman–Crippen LogP) is 3.59. The Hall–Kier alpha value is -1.40. The van der Waals surface area contributed by atoms with Gasteiger partial charge in [0, 0.05) is 17.6 Å². The molecule has 22 heavy (non-hydrogen) atoms. The van der Waals surface area contributed by atoms with E-state index in [-0.39, 0.29) is 5.75 Å². The number of hydrogen-bond acceptors (Lipinski definition) is 5. The highest BCUT2D eigenvalue weighted by Gasteiger charge is 2.28. The molecular formula is C16H20N2O2S2. The third-order valence-corrected chi connectivity index (χ3v) is 6.68. The Morgan fingerprint density at radius 3 is 2.64 bits per heavy atom. The molecule has 118 valence electrons. The van der Waals surface area contributed by atoms with Gasteiger partial charge in [-0.15, -0.1) is 11.3 Å². The summed E-state index contributed by atoms with van der Waals surface area (Å²) in [5, 5.41) is 3.22. The minimum absolute atomic E-state index is 0.136. The van der Waals surface area contributed by atoms with E-state index in [1.165, 1.54) is 0 Å². The van der Waals surface area contributed by atoms with Crippen LogP contribution in [-0.2, 0) is 9.84 Å². The summed E-state index contributed by atoms with van der Waals surface area (Å²) >= 11 is 1.68. The Balaban J connectivity index is 1.87. The maximum Gasteiger partial charge on any atom is 0.178 e. The molecule has 0 bridgehead atoms. The minimum Gasteiger partial charge on any atom is -0.363 e. The quantitative estimate of drug-likeness (QED) is 0.856. The van der Waals surface area contributed by atoms with Crippen molar-refractivity contribution >= 4 is 26.9 Å². The van der Waals surface area contributed by atoms with Crippen molar-refractivity contribution in [3.05, 3.63) is 40.3 Å². The number of sulfone groups is 1. The zero-order chi connectivity index (χ0) is 15.7. The minimum atomic E-state index is -3.13. The Kier molecular flexibility index (Phi) is 4.23. The highest BCUT2D eigenvalue weighted by atomic mass is 32.2. The Labute approximate surface area is 135 Å². The molecule has 1 fully saturated rings. The van der Waals surface area contributed by atoms with Gasteiger partial charge in [0.15, 0.2) is 9.84 Å². The van der Waals surface area contributed by atoms with Crippen molar-refractivity contribution in [3.8, 4) is 0 Å². The van der Waals surface area contributed by atoms with Gasteiger partial charge in [0.25, 0.3) is 0 Å². The molecule has 0 saturated carbocycles. The molecule has 2 heterocycles. The lowest BCUT2D eigenvalue weighted by Crippen LogP contribution is -2.22. The number of nitrogens with zero attached hydrogens (tertiary/aromatic N) is 2. The van der Waals surface area contributed by atoms with Gasteiger partial charge in [-0.05, 0) is 44.0 Å². The number of thiazole rings is 1. The van der Waals surface area contributed by atoms with Gasteiger partial charge in [-0.2, -0.15) is 0 Å². The van der Waals surface area contributed by atoms with E-state index >= 15 is 0 Å². The molecule has 1 aromatic heterocycles. The summed E-state index contributed by atoms with van der Waals surface area (Å²) in [5.41, 5.74) is 2.20. The maximum absolute atomic E-state index is 11.9. The summed E-state index contributed by atoms with van der Waals surface area (Å²) < 4.78 is 23.8. The zero-order valence-corrected chi connectivity index (χ0v) is 14.5. The summed E-state index contributed by atoms with van der Waals surface area (Å²) in [6.45, 7) is 4.68. The zero-order valence-electron chi connectivity index (χ0n) is 12.8. The van der Waals surface area contributed by atoms with E-state index in [2.05, 4.69) is 15.3 Å². The Morgan fingerprint density at radius 2 is 2.05 bits per heavy atom.